The van der Waals surface area contributed by atoms with Crippen LogP contribution in [-0.4, -0.2) is 22.6 Å². The van der Waals surface area contributed by atoms with Gasteiger partial charge in [-0.1, -0.05) is 266 Å². The number of hydrogen-bond acceptors (Lipinski definition) is 2. The van der Waals surface area contributed by atoms with Gasteiger partial charge in [-0.05, 0) is 58.3 Å². The molecule has 0 spiro atoms. The van der Waals surface area contributed by atoms with Crippen molar-refractivity contribution in [3.8, 4) is 0 Å². The Kier molecular flexibility index (Phi) is 12.0. The minimum Gasteiger partial charge on any atom is -0.0873 e. The lowest BCUT2D eigenvalue weighted by Crippen LogP contribution is -2.66. The third kappa shape index (κ3) is 7.29. The minimum absolute atomic E-state index is 0.104. The number of rotatable bonds is 12. The first-order valence-electron chi connectivity index (χ1n) is 19.8. The molecule has 0 heterocycles. The molecule has 1 fully saturated rings. The Morgan fingerprint density at radius 3 is 0.621 bits per heavy atom. The topological polar surface area (TPSA) is 0 Å². The van der Waals surface area contributed by atoms with Crippen molar-refractivity contribution in [3.05, 3.63) is 243 Å². The first-order valence-corrected chi connectivity index (χ1v) is 28.4. The molecule has 1 aliphatic carbocycles. The van der Waals surface area contributed by atoms with Crippen LogP contribution in [0, 0.1) is 0 Å². The summed E-state index contributed by atoms with van der Waals surface area (Å²) in [4.78, 5) is 0. The van der Waals surface area contributed by atoms with Crippen molar-refractivity contribution < 1.29 is 0 Å². The monoisotopic (exact) mass is 856 g/mol. The van der Waals surface area contributed by atoms with E-state index in [2.05, 4.69) is 243 Å². The van der Waals surface area contributed by atoms with Crippen LogP contribution in [0.4, 0.5) is 0 Å². The Bertz CT molecular complexity index is 2280. The van der Waals surface area contributed by atoms with Crippen LogP contribution >= 0.6 is 27.9 Å². The van der Waals surface area contributed by atoms with Crippen LogP contribution in [0.1, 0.15) is 0 Å². The molecule has 284 valence electrons. The van der Waals surface area contributed by atoms with Crippen LogP contribution in [0.15, 0.2) is 243 Å². The van der Waals surface area contributed by atoms with Gasteiger partial charge in [-0.25, -0.2) is 0 Å². The first-order chi connectivity index (χ1) is 28.6. The van der Waals surface area contributed by atoms with Gasteiger partial charge in [0.25, 0.3) is 0 Å². The lowest BCUT2D eigenvalue weighted by Gasteiger charge is -2.64. The van der Waals surface area contributed by atoms with Crippen molar-refractivity contribution in [1.29, 1.82) is 0 Å². The number of hydrogen-bond donors (Lipinski definition) is 0. The molecule has 0 saturated heterocycles. The van der Waals surface area contributed by atoms with Gasteiger partial charge in [0.05, 0.1) is 0 Å². The van der Waals surface area contributed by atoms with Crippen molar-refractivity contribution in [3.63, 3.8) is 0 Å². The largest absolute Gasteiger partial charge is 0.0873 e. The van der Waals surface area contributed by atoms with E-state index in [9.17, 15) is 0 Å². The molecule has 0 aliphatic heterocycles. The van der Waals surface area contributed by atoms with Gasteiger partial charge in [-0.2, -0.15) is 0 Å². The lowest BCUT2D eigenvalue weighted by molar-refractivity contribution is 0.555. The van der Waals surface area contributed by atoms with Gasteiger partial charge in [0.2, 0.25) is 0 Å². The van der Waals surface area contributed by atoms with Gasteiger partial charge in [-0.15, -0.1) is 0 Å². The standard InChI is InChI=1S/C52H44P4S2/c57-55(45-33-17-5-18-34-45,46-35-19-6-20-36-46)51-49(53(41-25-9-1-10-26-41)42-27-11-2-12-28-42)50(54(43-29-13-3-14-30-43)44-31-15-4-16-32-44)52(51)56(58,47-37-21-7-22-38-47)48-39-23-8-24-40-48/h1-40,49-52H/t49-,50-,51-,52+/m1/s1. The van der Waals surface area contributed by atoms with Crippen LogP contribution in [-0.2, 0) is 23.6 Å². The van der Waals surface area contributed by atoms with Crippen LogP contribution in [0.25, 0.3) is 0 Å². The average Bonchev–Trinajstić information content (AvgIpc) is 3.31. The maximum absolute atomic E-state index is 7.62. The fourth-order valence-electron chi connectivity index (χ4n) is 9.06. The molecule has 0 N–H and O–H groups in total. The molecule has 8 aromatic rings. The molecule has 8 aromatic carbocycles. The van der Waals surface area contributed by atoms with Gasteiger partial charge in [0, 0.05) is 34.7 Å². The van der Waals surface area contributed by atoms with E-state index in [0.717, 1.165) is 0 Å². The van der Waals surface area contributed by atoms with E-state index in [-0.39, 0.29) is 22.6 Å². The summed E-state index contributed by atoms with van der Waals surface area (Å²) in [5, 5.41) is 10.7. The Morgan fingerprint density at radius 1 is 0.259 bits per heavy atom. The lowest BCUT2D eigenvalue weighted by atomic mass is 9.96. The third-order valence-corrected chi connectivity index (χ3v) is 29.6. The molecule has 0 radical (unpaired) electrons. The second kappa shape index (κ2) is 17.6. The average molecular weight is 857 g/mol. The zero-order valence-corrected chi connectivity index (χ0v) is 37.2. The van der Waals surface area contributed by atoms with Gasteiger partial charge < -0.3 is 0 Å². The summed E-state index contributed by atoms with van der Waals surface area (Å²) in [5.74, 6) is 0. The summed E-state index contributed by atoms with van der Waals surface area (Å²) in [6.07, 6.45) is 0. The normalized spacial score (nSPS) is 18.1. The van der Waals surface area contributed by atoms with Crippen molar-refractivity contribution in [2.45, 2.75) is 22.6 Å². The maximum atomic E-state index is 7.62. The second-order valence-corrected chi connectivity index (χ2v) is 28.8. The van der Waals surface area contributed by atoms with Crippen molar-refractivity contribution in [1.82, 2.24) is 0 Å². The van der Waals surface area contributed by atoms with E-state index in [1.54, 1.807) is 0 Å². The van der Waals surface area contributed by atoms with Crippen LogP contribution in [0.5, 0.6) is 0 Å². The summed E-state index contributed by atoms with van der Waals surface area (Å²) < 4.78 is 0. The highest BCUT2D eigenvalue weighted by atomic mass is 32.4. The first kappa shape index (κ1) is 39.4. The fraction of sp³-hybridized carbons (Fsp3) is 0.0769. The molecule has 1 aliphatic rings. The summed E-state index contributed by atoms with van der Waals surface area (Å²) in [7, 11) is -1.85. The SMILES string of the molecule is S=P(c1ccccc1)(c1ccccc1)[C@@H]1[C@H](P(c2ccccc2)c2ccccc2)[C@@H](P(c2ccccc2)c2ccccc2)[C@@H]1P(=S)(c1ccccc1)c1ccccc1. The van der Waals surface area contributed by atoms with E-state index < -0.39 is 27.9 Å². The summed E-state index contributed by atoms with van der Waals surface area (Å²) in [5.41, 5.74) is 0.648. The zero-order chi connectivity index (χ0) is 39.4. The summed E-state index contributed by atoms with van der Waals surface area (Å²) in [6, 6.07) is 85.0. The predicted octanol–water partition coefficient (Wildman–Crippen LogP) is 10.0. The Morgan fingerprint density at radius 2 is 0.431 bits per heavy atom. The van der Waals surface area contributed by atoms with Crippen molar-refractivity contribution in [2.24, 2.45) is 0 Å². The molecule has 1 saturated carbocycles. The highest BCUT2D eigenvalue weighted by molar-refractivity contribution is 8.25. The van der Waals surface area contributed by atoms with Crippen molar-refractivity contribution >= 4 is 94.0 Å². The molecular weight excluding hydrogens is 813 g/mol. The molecule has 0 aromatic heterocycles. The van der Waals surface area contributed by atoms with Crippen LogP contribution in [0.2, 0.25) is 0 Å². The van der Waals surface area contributed by atoms with E-state index in [1.165, 1.54) is 42.4 Å². The predicted molar refractivity (Wildman–Crippen MR) is 266 cm³/mol. The molecule has 0 bridgehead atoms. The summed E-state index contributed by atoms with van der Waals surface area (Å²) >= 11 is 15.2. The molecule has 0 amide bonds. The molecule has 9 rings (SSSR count). The minimum atomic E-state index is -2.61. The molecular formula is C52H44P4S2. The Labute approximate surface area is 357 Å². The van der Waals surface area contributed by atoms with Crippen LogP contribution < -0.4 is 42.4 Å². The second-order valence-electron chi connectivity index (χ2n) is 14.7. The smallest absolute Gasteiger partial charge is 0.0148 e. The quantitative estimate of drug-likeness (QED) is 0.112. The van der Waals surface area contributed by atoms with E-state index >= 15 is 0 Å². The van der Waals surface area contributed by atoms with Crippen molar-refractivity contribution in [2.75, 3.05) is 0 Å². The van der Waals surface area contributed by atoms with E-state index in [0.29, 0.717) is 0 Å². The third-order valence-electron chi connectivity index (χ3n) is 11.5. The zero-order valence-electron chi connectivity index (χ0n) is 32.0. The highest BCUT2D eigenvalue weighted by Gasteiger charge is 2.66. The van der Waals surface area contributed by atoms with Gasteiger partial charge in [0.1, 0.15) is 0 Å². The molecule has 0 unspecified atom stereocenters. The maximum Gasteiger partial charge on any atom is 0.0148 e. The highest BCUT2D eigenvalue weighted by Crippen LogP contribution is 2.77. The van der Waals surface area contributed by atoms with E-state index in [4.69, 9.17) is 23.6 Å². The van der Waals surface area contributed by atoms with Gasteiger partial charge in [0.15, 0.2) is 0 Å². The Balaban J connectivity index is 1.44. The van der Waals surface area contributed by atoms with Gasteiger partial charge >= 0.3 is 0 Å². The van der Waals surface area contributed by atoms with Gasteiger partial charge in [-0.3, -0.25) is 0 Å². The fourth-order valence-corrected chi connectivity index (χ4v) is 30.5. The molecule has 58 heavy (non-hydrogen) atoms. The molecule has 6 heteroatoms. The Hall–Kier alpha value is -4.08. The molecule has 4 atom stereocenters. The van der Waals surface area contributed by atoms with E-state index in [1.807, 2.05) is 0 Å². The summed E-state index contributed by atoms with van der Waals surface area (Å²) in [6.45, 7) is 0. The molecule has 0 nitrogen and oxygen atoms in total. The van der Waals surface area contributed by atoms with Crippen LogP contribution in [0.3, 0.4) is 0 Å². The number of benzene rings is 8.